The van der Waals surface area contributed by atoms with Crippen LogP contribution < -0.4 is 5.73 Å². The predicted octanol–water partition coefficient (Wildman–Crippen LogP) is 1.97. The second-order valence-corrected chi connectivity index (χ2v) is 6.54. The third kappa shape index (κ3) is 3.60. The van der Waals surface area contributed by atoms with Gasteiger partial charge >= 0.3 is 0 Å². The number of aryl methyl sites for hydroxylation is 1. The largest absolute Gasteiger partial charge is 0.329 e. The molecule has 0 spiro atoms. The maximum Gasteiger partial charge on any atom is 0.0307 e. The summed E-state index contributed by atoms with van der Waals surface area (Å²) in [7, 11) is 4.36. The van der Waals surface area contributed by atoms with Crippen LogP contribution in [0.2, 0.25) is 0 Å². The lowest BCUT2D eigenvalue weighted by Crippen LogP contribution is -2.51. The van der Waals surface area contributed by atoms with Crippen molar-refractivity contribution in [1.82, 2.24) is 9.80 Å². The highest BCUT2D eigenvalue weighted by atomic mass is 15.3. The van der Waals surface area contributed by atoms with Crippen molar-refractivity contribution in [3.8, 4) is 0 Å². The van der Waals surface area contributed by atoms with E-state index in [1.165, 1.54) is 18.5 Å². The Labute approximate surface area is 123 Å². The van der Waals surface area contributed by atoms with E-state index in [0.717, 1.165) is 25.9 Å². The molecule has 3 heteroatoms. The van der Waals surface area contributed by atoms with Crippen molar-refractivity contribution in [2.45, 2.75) is 37.8 Å². The Bertz CT molecular complexity index is 404. The molecule has 3 nitrogen and oxygen atoms in total. The molecule has 0 bridgehead atoms. The average molecular weight is 275 g/mol. The molecule has 1 heterocycles. The summed E-state index contributed by atoms with van der Waals surface area (Å²) in [6.45, 7) is 5.38. The Morgan fingerprint density at radius 1 is 1.30 bits per heavy atom. The Morgan fingerprint density at radius 3 is 2.55 bits per heavy atom. The van der Waals surface area contributed by atoms with E-state index >= 15 is 0 Å². The van der Waals surface area contributed by atoms with Gasteiger partial charge in [0, 0.05) is 31.2 Å². The number of likely N-dealkylation sites (tertiary alicyclic amines) is 1. The minimum Gasteiger partial charge on any atom is -0.329 e. The lowest BCUT2D eigenvalue weighted by molar-refractivity contribution is 0.122. The number of likely N-dealkylation sites (N-methyl/N-ethyl adjacent to an activating group) is 1. The van der Waals surface area contributed by atoms with E-state index in [0.29, 0.717) is 6.04 Å². The highest BCUT2D eigenvalue weighted by molar-refractivity contribution is 5.15. The van der Waals surface area contributed by atoms with Crippen LogP contribution in [0.5, 0.6) is 0 Å². The summed E-state index contributed by atoms with van der Waals surface area (Å²) in [6, 6.07) is 11.4. The van der Waals surface area contributed by atoms with Crippen LogP contribution in [0.4, 0.5) is 0 Å². The maximum atomic E-state index is 6.12. The van der Waals surface area contributed by atoms with E-state index in [4.69, 9.17) is 5.73 Å². The molecule has 1 aromatic rings. The summed E-state index contributed by atoms with van der Waals surface area (Å²) in [5.74, 6) is 0. The van der Waals surface area contributed by atoms with Crippen LogP contribution in [0.15, 0.2) is 30.3 Å². The Morgan fingerprint density at radius 2 is 2.00 bits per heavy atom. The minimum atomic E-state index is 0.126. The Hall–Kier alpha value is -0.900. The van der Waals surface area contributed by atoms with Crippen LogP contribution >= 0.6 is 0 Å². The molecule has 0 radical (unpaired) electrons. The van der Waals surface area contributed by atoms with Gasteiger partial charge in [-0.15, -0.1) is 0 Å². The van der Waals surface area contributed by atoms with Crippen molar-refractivity contribution in [3.63, 3.8) is 0 Å². The molecule has 1 aliphatic rings. The summed E-state index contributed by atoms with van der Waals surface area (Å²) in [5, 5.41) is 0. The first-order chi connectivity index (χ1) is 9.55. The summed E-state index contributed by atoms with van der Waals surface area (Å²) in [4.78, 5) is 4.94. The van der Waals surface area contributed by atoms with Crippen molar-refractivity contribution in [3.05, 3.63) is 35.9 Å². The number of nitrogens with two attached hydrogens (primary N) is 1. The molecule has 0 saturated carbocycles. The van der Waals surface area contributed by atoms with Crippen molar-refractivity contribution < 1.29 is 0 Å². The summed E-state index contributed by atoms with van der Waals surface area (Å²) in [5.41, 5.74) is 7.66. The molecule has 0 aliphatic carbocycles. The second-order valence-electron chi connectivity index (χ2n) is 6.54. The molecule has 112 valence electrons. The first-order valence-electron chi connectivity index (χ1n) is 7.70. The molecule has 20 heavy (non-hydrogen) atoms. The number of hydrogen-bond donors (Lipinski definition) is 1. The number of benzene rings is 1. The first kappa shape index (κ1) is 15.5. The molecule has 1 saturated heterocycles. The van der Waals surface area contributed by atoms with Crippen LogP contribution in [0.3, 0.4) is 0 Å². The maximum absolute atomic E-state index is 6.12. The van der Waals surface area contributed by atoms with Gasteiger partial charge in [0.25, 0.3) is 0 Å². The van der Waals surface area contributed by atoms with E-state index < -0.39 is 0 Å². The quantitative estimate of drug-likeness (QED) is 0.861. The molecule has 0 amide bonds. The zero-order valence-electron chi connectivity index (χ0n) is 13.2. The van der Waals surface area contributed by atoms with Gasteiger partial charge in [-0.25, -0.2) is 0 Å². The van der Waals surface area contributed by atoms with Gasteiger partial charge in [0.2, 0.25) is 0 Å². The standard InChI is InChI=1S/C17H29N3/c1-17(14-18,11-9-15-7-5-4-6-8-15)20-12-10-16(13-20)19(2)3/h4-8,16H,9-14,18H2,1-3H3. The monoisotopic (exact) mass is 275 g/mol. The third-order valence-corrected chi connectivity index (χ3v) is 4.89. The molecule has 1 fully saturated rings. The fourth-order valence-electron chi connectivity index (χ4n) is 3.10. The molecule has 1 aromatic carbocycles. The molecule has 2 rings (SSSR count). The van der Waals surface area contributed by atoms with Crippen molar-refractivity contribution in [1.29, 1.82) is 0 Å². The van der Waals surface area contributed by atoms with E-state index in [1.54, 1.807) is 0 Å². The molecule has 2 N–H and O–H groups in total. The summed E-state index contributed by atoms with van der Waals surface area (Å²) >= 11 is 0. The lowest BCUT2D eigenvalue weighted by atomic mass is 9.91. The van der Waals surface area contributed by atoms with Gasteiger partial charge in [0.15, 0.2) is 0 Å². The fourth-order valence-corrected chi connectivity index (χ4v) is 3.10. The topological polar surface area (TPSA) is 32.5 Å². The normalized spacial score (nSPS) is 23.1. The van der Waals surface area contributed by atoms with Gasteiger partial charge < -0.3 is 10.6 Å². The van der Waals surface area contributed by atoms with E-state index in [1.807, 2.05) is 0 Å². The first-order valence-corrected chi connectivity index (χ1v) is 7.70. The SMILES string of the molecule is CN(C)C1CCN(C(C)(CN)CCc2ccccc2)C1. The van der Waals surface area contributed by atoms with Crippen LogP contribution in [-0.4, -0.2) is 55.1 Å². The van der Waals surface area contributed by atoms with Gasteiger partial charge in [-0.05, 0) is 45.8 Å². The van der Waals surface area contributed by atoms with Crippen LogP contribution in [0.25, 0.3) is 0 Å². The highest BCUT2D eigenvalue weighted by Crippen LogP contribution is 2.26. The van der Waals surface area contributed by atoms with Gasteiger partial charge in [0.05, 0.1) is 0 Å². The van der Waals surface area contributed by atoms with E-state index in [9.17, 15) is 0 Å². The van der Waals surface area contributed by atoms with Crippen molar-refractivity contribution in [2.75, 3.05) is 33.7 Å². The number of nitrogens with zero attached hydrogens (tertiary/aromatic N) is 2. The smallest absolute Gasteiger partial charge is 0.0307 e. The number of hydrogen-bond acceptors (Lipinski definition) is 3. The molecule has 2 atom stereocenters. The fraction of sp³-hybridized carbons (Fsp3) is 0.647. The Kier molecular flexibility index (Phi) is 5.19. The summed E-state index contributed by atoms with van der Waals surface area (Å²) < 4.78 is 0. The van der Waals surface area contributed by atoms with Crippen LogP contribution in [-0.2, 0) is 6.42 Å². The zero-order valence-corrected chi connectivity index (χ0v) is 13.2. The summed E-state index contributed by atoms with van der Waals surface area (Å²) in [6.07, 6.45) is 3.50. The highest BCUT2D eigenvalue weighted by Gasteiger charge is 2.36. The number of rotatable bonds is 6. The van der Waals surface area contributed by atoms with Crippen molar-refractivity contribution in [2.24, 2.45) is 5.73 Å². The third-order valence-electron chi connectivity index (χ3n) is 4.89. The minimum absolute atomic E-state index is 0.126. The van der Waals surface area contributed by atoms with E-state index in [-0.39, 0.29) is 5.54 Å². The van der Waals surface area contributed by atoms with Crippen LogP contribution in [0.1, 0.15) is 25.3 Å². The second kappa shape index (κ2) is 6.70. The van der Waals surface area contributed by atoms with Crippen molar-refractivity contribution >= 4 is 0 Å². The van der Waals surface area contributed by atoms with Gasteiger partial charge in [-0.3, -0.25) is 4.90 Å². The van der Waals surface area contributed by atoms with Gasteiger partial charge in [0.1, 0.15) is 0 Å². The molecule has 1 aliphatic heterocycles. The lowest BCUT2D eigenvalue weighted by Gasteiger charge is -2.38. The van der Waals surface area contributed by atoms with Crippen LogP contribution in [0, 0.1) is 0 Å². The molecule has 0 aromatic heterocycles. The molecular weight excluding hydrogens is 246 g/mol. The van der Waals surface area contributed by atoms with E-state index in [2.05, 4.69) is 61.2 Å². The molecule has 2 unspecified atom stereocenters. The Balaban J connectivity index is 1.95. The van der Waals surface area contributed by atoms with Gasteiger partial charge in [-0.1, -0.05) is 30.3 Å². The molecular formula is C17H29N3. The average Bonchev–Trinajstić information content (AvgIpc) is 2.96. The zero-order chi connectivity index (χ0) is 14.6. The predicted molar refractivity (Wildman–Crippen MR) is 85.9 cm³/mol. The van der Waals surface area contributed by atoms with Gasteiger partial charge in [-0.2, -0.15) is 0 Å².